The maximum atomic E-state index is 12.8. The lowest BCUT2D eigenvalue weighted by Crippen LogP contribution is -2.52. The van der Waals surface area contributed by atoms with Gasteiger partial charge in [0, 0.05) is 31.6 Å². The van der Waals surface area contributed by atoms with Crippen molar-refractivity contribution in [1.29, 1.82) is 0 Å². The molecule has 0 aliphatic carbocycles. The zero-order chi connectivity index (χ0) is 15.5. The average Bonchev–Trinajstić information content (AvgIpc) is 2.85. The summed E-state index contributed by atoms with van der Waals surface area (Å²) in [5.74, 6) is 0. The molecule has 21 heavy (non-hydrogen) atoms. The number of piperidine rings is 1. The summed E-state index contributed by atoms with van der Waals surface area (Å²) < 4.78 is 28.6. The molecule has 1 fully saturated rings. The quantitative estimate of drug-likeness (QED) is 0.850. The third-order valence-corrected chi connectivity index (χ3v) is 6.57. The molecule has 1 N–H and O–H groups in total. The molecule has 2 heterocycles. The van der Waals surface area contributed by atoms with Gasteiger partial charge < -0.3 is 5.32 Å². The molecule has 0 amide bonds. The maximum absolute atomic E-state index is 12.8. The number of aromatic nitrogens is 1. The van der Waals surface area contributed by atoms with Gasteiger partial charge >= 0.3 is 0 Å². The Kier molecular flexibility index (Phi) is 5.73. The zero-order valence-electron chi connectivity index (χ0n) is 12.9. The van der Waals surface area contributed by atoms with Gasteiger partial charge in [0.25, 0.3) is 10.2 Å². The lowest BCUT2D eigenvalue weighted by atomic mass is 10.1. The Bertz CT molecular complexity index is 556. The summed E-state index contributed by atoms with van der Waals surface area (Å²) in [7, 11) is 0.0652. The van der Waals surface area contributed by atoms with Gasteiger partial charge in [-0.3, -0.25) is 0 Å². The first-order valence-corrected chi connectivity index (χ1v) is 9.51. The van der Waals surface area contributed by atoms with Crippen LogP contribution in [0.1, 0.15) is 30.0 Å². The number of nitrogens with one attached hydrogen (secondary N) is 1. The van der Waals surface area contributed by atoms with E-state index >= 15 is 0 Å². The minimum atomic E-state index is -3.43. The molecule has 6 nitrogen and oxygen atoms in total. The van der Waals surface area contributed by atoms with Crippen LogP contribution in [-0.2, 0) is 16.8 Å². The van der Waals surface area contributed by atoms with Crippen LogP contribution in [0.4, 0.5) is 0 Å². The van der Waals surface area contributed by atoms with Crippen LogP contribution in [-0.4, -0.2) is 55.2 Å². The average molecular weight is 332 g/mol. The second-order valence-electron chi connectivity index (χ2n) is 5.44. The Morgan fingerprint density at radius 3 is 2.90 bits per heavy atom. The van der Waals surface area contributed by atoms with E-state index in [4.69, 9.17) is 0 Å². The molecule has 0 aromatic carbocycles. The predicted octanol–water partition coefficient (Wildman–Crippen LogP) is 1.20. The summed E-state index contributed by atoms with van der Waals surface area (Å²) in [4.78, 5) is 4.35. The summed E-state index contributed by atoms with van der Waals surface area (Å²) in [6.07, 6.45) is 2.94. The van der Waals surface area contributed by atoms with Crippen LogP contribution >= 0.6 is 11.3 Å². The van der Waals surface area contributed by atoms with Crippen LogP contribution in [0.15, 0.2) is 5.38 Å². The van der Waals surface area contributed by atoms with E-state index in [0.29, 0.717) is 19.6 Å². The molecule has 120 valence electrons. The van der Waals surface area contributed by atoms with Crippen LogP contribution < -0.4 is 5.32 Å². The normalized spacial score (nSPS) is 21.0. The van der Waals surface area contributed by atoms with Gasteiger partial charge in [-0.05, 0) is 26.8 Å². The van der Waals surface area contributed by atoms with Crippen LogP contribution in [0.5, 0.6) is 0 Å². The van der Waals surface area contributed by atoms with Crippen molar-refractivity contribution in [2.75, 3.05) is 27.2 Å². The van der Waals surface area contributed by atoms with E-state index in [1.54, 1.807) is 22.7 Å². The van der Waals surface area contributed by atoms with Gasteiger partial charge in [-0.2, -0.15) is 17.0 Å². The molecule has 0 spiro atoms. The lowest BCUT2D eigenvalue weighted by molar-refractivity contribution is 0.232. The minimum absolute atomic E-state index is 0.0494. The molecule has 1 aliphatic rings. The fourth-order valence-corrected chi connectivity index (χ4v) is 4.86. The standard InChI is InChI=1S/C13H24N4O2S2/c1-11-15-12(10-20-11)9-16(3)21(18,19)17-7-5-4-6-13(17)8-14-2/h10,13-14H,4-9H2,1-3H3. The van der Waals surface area contributed by atoms with Crippen molar-refractivity contribution in [3.8, 4) is 0 Å². The first-order chi connectivity index (χ1) is 9.95. The van der Waals surface area contributed by atoms with Crippen molar-refractivity contribution < 1.29 is 8.42 Å². The van der Waals surface area contributed by atoms with Gasteiger partial charge in [0.1, 0.15) is 0 Å². The Morgan fingerprint density at radius 1 is 1.52 bits per heavy atom. The Labute approximate surface area is 131 Å². The third kappa shape index (κ3) is 4.01. The van der Waals surface area contributed by atoms with Gasteiger partial charge in [0.2, 0.25) is 0 Å². The summed E-state index contributed by atoms with van der Waals surface area (Å²) in [6, 6.07) is 0.0494. The molecule has 2 rings (SSSR count). The molecule has 1 saturated heterocycles. The lowest BCUT2D eigenvalue weighted by Gasteiger charge is -2.36. The van der Waals surface area contributed by atoms with E-state index in [9.17, 15) is 8.42 Å². The van der Waals surface area contributed by atoms with Crippen LogP contribution in [0.3, 0.4) is 0 Å². The largest absolute Gasteiger partial charge is 0.318 e. The molecule has 0 bridgehead atoms. The number of thiazole rings is 1. The van der Waals surface area contributed by atoms with Crippen molar-refractivity contribution in [3.05, 3.63) is 16.1 Å². The molecule has 1 aromatic heterocycles. The molecule has 1 unspecified atom stereocenters. The van der Waals surface area contributed by atoms with Gasteiger partial charge in [-0.1, -0.05) is 6.42 Å². The molecule has 1 aliphatic heterocycles. The van der Waals surface area contributed by atoms with E-state index in [1.807, 2.05) is 19.4 Å². The molecular formula is C13H24N4O2S2. The molecule has 1 atom stereocenters. The van der Waals surface area contributed by atoms with Gasteiger partial charge in [-0.25, -0.2) is 4.98 Å². The van der Waals surface area contributed by atoms with Crippen molar-refractivity contribution in [1.82, 2.24) is 18.9 Å². The maximum Gasteiger partial charge on any atom is 0.282 e. The van der Waals surface area contributed by atoms with E-state index < -0.39 is 10.2 Å². The van der Waals surface area contributed by atoms with Crippen molar-refractivity contribution in [2.24, 2.45) is 0 Å². The Morgan fingerprint density at radius 2 is 2.29 bits per heavy atom. The summed E-state index contributed by atoms with van der Waals surface area (Å²) in [5, 5.41) is 5.98. The van der Waals surface area contributed by atoms with Crippen LogP contribution in [0.2, 0.25) is 0 Å². The van der Waals surface area contributed by atoms with E-state index in [1.165, 1.54) is 4.31 Å². The van der Waals surface area contributed by atoms with E-state index in [2.05, 4.69) is 10.3 Å². The van der Waals surface area contributed by atoms with Crippen molar-refractivity contribution in [3.63, 3.8) is 0 Å². The third-order valence-electron chi connectivity index (χ3n) is 3.75. The van der Waals surface area contributed by atoms with Crippen molar-refractivity contribution in [2.45, 2.75) is 38.8 Å². The van der Waals surface area contributed by atoms with Crippen molar-refractivity contribution >= 4 is 21.5 Å². The van der Waals surface area contributed by atoms with Crippen LogP contribution in [0.25, 0.3) is 0 Å². The molecular weight excluding hydrogens is 308 g/mol. The highest BCUT2D eigenvalue weighted by molar-refractivity contribution is 7.86. The predicted molar refractivity (Wildman–Crippen MR) is 85.5 cm³/mol. The fraction of sp³-hybridized carbons (Fsp3) is 0.769. The number of rotatable bonds is 6. The molecule has 0 radical (unpaired) electrons. The first kappa shape index (κ1) is 16.8. The second kappa shape index (κ2) is 7.15. The van der Waals surface area contributed by atoms with Gasteiger partial charge in [0.15, 0.2) is 0 Å². The monoisotopic (exact) mass is 332 g/mol. The number of hydrogen-bond donors (Lipinski definition) is 1. The number of nitrogens with zero attached hydrogens (tertiary/aromatic N) is 3. The molecule has 8 heteroatoms. The summed E-state index contributed by atoms with van der Waals surface area (Å²) in [6.45, 7) is 3.56. The smallest absolute Gasteiger partial charge is 0.282 e. The summed E-state index contributed by atoms with van der Waals surface area (Å²) in [5.41, 5.74) is 0.811. The zero-order valence-corrected chi connectivity index (χ0v) is 14.5. The first-order valence-electron chi connectivity index (χ1n) is 7.24. The van der Waals surface area contributed by atoms with Gasteiger partial charge in [0.05, 0.1) is 17.2 Å². The minimum Gasteiger partial charge on any atom is -0.318 e. The highest BCUT2D eigenvalue weighted by atomic mass is 32.2. The SMILES string of the molecule is CNCC1CCCCN1S(=O)(=O)N(C)Cc1csc(C)n1. The number of aryl methyl sites for hydroxylation is 1. The van der Waals surface area contributed by atoms with Crippen LogP contribution in [0, 0.1) is 6.92 Å². The van der Waals surface area contributed by atoms with Gasteiger partial charge in [-0.15, -0.1) is 11.3 Å². The Hall–Kier alpha value is -0.540. The molecule has 1 aromatic rings. The Balaban J connectivity index is 2.11. The number of likely N-dealkylation sites (N-methyl/N-ethyl adjacent to an activating group) is 1. The highest BCUT2D eigenvalue weighted by Crippen LogP contribution is 2.23. The highest BCUT2D eigenvalue weighted by Gasteiger charge is 2.34. The van der Waals surface area contributed by atoms with E-state index in [-0.39, 0.29) is 6.04 Å². The number of hydrogen-bond acceptors (Lipinski definition) is 5. The second-order valence-corrected chi connectivity index (χ2v) is 8.49. The topological polar surface area (TPSA) is 65.5 Å². The molecule has 0 saturated carbocycles. The fourth-order valence-electron chi connectivity index (χ4n) is 2.69. The van der Waals surface area contributed by atoms with E-state index in [0.717, 1.165) is 30.0 Å². The summed E-state index contributed by atoms with van der Waals surface area (Å²) >= 11 is 1.55.